The number of benzene rings is 3. The standard InChI is InChI=1S/C29H34N2O3/c1-29(2,3)34-28(32)30-24-13-9-21-12-16-27(19-23(21)17-24)33-26-8-6-7-22(18-26)20-10-14-25(15-11-20)31(4)5/h6-8,10-12,14-16,18-19,24H,9,13,17H2,1-5H3,(H,30,32). The van der Waals surface area contributed by atoms with E-state index in [2.05, 4.69) is 58.7 Å². The summed E-state index contributed by atoms with van der Waals surface area (Å²) < 4.78 is 11.7. The van der Waals surface area contributed by atoms with Crippen molar-refractivity contribution in [3.8, 4) is 22.6 Å². The molecular formula is C29H34N2O3. The highest BCUT2D eigenvalue weighted by Crippen LogP contribution is 2.31. The number of ether oxygens (including phenoxy) is 2. The maximum Gasteiger partial charge on any atom is 0.407 e. The number of nitrogens with one attached hydrogen (secondary N) is 1. The van der Waals surface area contributed by atoms with E-state index >= 15 is 0 Å². The molecule has 5 heteroatoms. The quantitative estimate of drug-likeness (QED) is 0.468. The minimum atomic E-state index is -0.499. The van der Waals surface area contributed by atoms with Gasteiger partial charge >= 0.3 is 6.09 Å². The molecule has 1 atom stereocenters. The lowest BCUT2D eigenvalue weighted by Gasteiger charge is -2.27. The summed E-state index contributed by atoms with van der Waals surface area (Å²) in [5.41, 5.74) is 5.45. The van der Waals surface area contributed by atoms with Crippen molar-refractivity contribution >= 4 is 11.8 Å². The van der Waals surface area contributed by atoms with Crippen LogP contribution in [0.2, 0.25) is 0 Å². The van der Waals surface area contributed by atoms with Crippen molar-refractivity contribution in [2.45, 2.75) is 51.7 Å². The van der Waals surface area contributed by atoms with Crippen molar-refractivity contribution in [2.75, 3.05) is 19.0 Å². The van der Waals surface area contributed by atoms with Crippen molar-refractivity contribution in [1.82, 2.24) is 5.32 Å². The van der Waals surface area contributed by atoms with E-state index in [1.54, 1.807) is 0 Å². The van der Waals surface area contributed by atoms with E-state index in [1.165, 1.54) is 16.8 Å². The van der Waals surface area contributed by atoms with Gasteiger partial charge in [-0.3, -0.25) is 0 Å². The highest BCUT2D eigenvalue weighted by atomic mass is 16.6. The van der Waals surface area contributed by atoms with E-state index in [-0.39, 0.29) is 12.1 Å². The average molecular weight is 459 g/mol. The maximum absolute atomic E-state index is 12.2. The Kier molecular flexibility index (Phi) is 6.82. The van der Waals surface area contributed by atoms with Crippen LogP contribution in [0.5, 0.6) is 11.5 Å². The first-order chi connectivity index (χ1) is 16.2. The summed E-state index contributed by atoms with van der Waals surface area (Å²) in [7, 11) is 4.08. The van der Waals surface area contributed by atoms with Gasteiger partial charge in [0.15, 0.2) is 0 Å². The highest BCUT2D eigenvalue weighted by Gasteiger charge is 2.23. The third-order valence-corrected chi connectivity index (χ3v) is 5.91. The van der Waals surface area contributed by atoms with Crippen LogP contribution in [0.25, 0.3) is 11.1 Å². The fourth-order valence-corrected chi connectivity index (χ4v) is 4.22. The van der Waals surface area contributed by atoms with Crippen LogP contribution in [-0.2, 0) is 17.6 Å². The van der Waals surface area contributed by atoms with Gasteiger partial charge in [-0.2, -0.15) is 0 Å². The molecule has 0 saturated heterocycles. The van der Waals surface area contributed by atoms with E-state index in [1.807, 2.05) is 53.1 Å². The number of carbonyl (C=O) groups excluding carboxylic acids is 1. The lowest BCUT2D eigenvalue weighted by molar-refractivity contribution is 0.0500. The van der Waals surface area contributed by atoms with Crippen LogP contribution in [0.4, 0.5) is 10.5 Å². The van der Waals surface area contributed by atoms with Gasteiger partial charge in [0.25, 0.3) is 0 Å². The predicted molar refractivity (Wildman–Crippen MR) is 138 cm³/mol. The molecule has 0 aliphatic heterocycles. The SMILES string of the molecule is CN(C)c1ccc(-c2cccc(Oc3ccc4c(c3)CC(NC(=O)OC(C)(C)C)CC4)c2)cc1. The molecule has 0 heterocycles. The van der Waals surface area contributed by atoms with Crippen LogP contribution in [0, 0.1) is 0 Å². The fourth-order valence-electron chi connectivity index (χ4n) is 4.22. The minimum absolute atomic E-state index is 0.0612. The number of hydrogen-bond donors (Lipinski definition) is 1. The predicted octanol–water partition coefficient (Wildman–Crippen LogP) is 6.59. The Bertz CT molecular complexity index is 1150. The normalized spacial score (nSPS) is 15.3. The Hall–Kier alpha value is -3.47. The van der Waals surface area contributed by atoms with Crippen molar-refractivity contribution in [1.29, 1.82) is 0 Å². The van der Waals surface area contributed by atoms with Gasteiger partial charge in [-0.05, 0) is 98.7 Å². The first-order valence-corrected chi connectivity index (χ1v) is 11.8. The summed E-state index contributed by atoms with van der Waals surface area (Å²) in [5, 5.41) is 3.02. The van der Waals surface area contributed by atoms with Gasteiger partial charge in [-0.25, -0.2) is 4.79 Å². The highest BCUT2D eigenvalue weighted by molar-refractivity contribution is 5.68. The smallest absolute Gasteiger partial charge is 0.407 e. The third kappa shape index (κ3) is 6.10. The molecule has 1 unspecified atom stereocenters. The molecular weight excluding hydrogens is 424 g/mol. The minimum Gasteiger partial charge on any atom is -0.457 e. The van der Waals surface area contributed by atoms with Gasteiger partial charge < -0.3 is 19.7 Å². The topological polar surface area (TPSA) is 50.8 Å². The van der Waals surface area contributed by atoms with Crippen molar-refractivity contribution in [2.24, 2.45) is 0 Å². The summed E-state index contributed by atoms with van der Waals surface area (Å²) in [5.74, 6) is 1.60. The van der Waals surface area contributed by atoms with Crippen LogP contribution < -0.4 is 15.0 Å². The molecule has 3 aromatic rings. The molecule has 1 N–H and O–H groups in total. The van der Waals surface area contributed by atoms with Gasteiger partial charge in [0.05, 0.1) is 0 Å². The summed E-state index contributed by atoms with van der Waals surface area (Å²) in [6.07, 6.45) is 2.24. The lowest BCUT2D eigenvalue weighted by Crippen LogP contribution is -2.41. The second-order valence-electron chi connectivity index (χ2n) is 10.1. The summed E-state index contributed by atoms with van der Waals surface area (Å²) >= 11 is 0. The third-order valence-electron chi connectivity index (χ3n) is 5.91. The number of aryl methyl sites for hydroxylation is 1. The summed E-state index contributed by atoms with van der Waals surface area (Å²) in [6, 6.07) is 23.0. The molecule has 34 heavy (non-hydrogen) atoms. The zero-order chi connectivity index (χ0) is 24.3. The van der Waals surface area contributed by atoms with Gasteiger partial charge in [-0.15, -0.1) is 0 Å². The average Bonchev–Trinajstić information content (AvgIpc) is 2.78. The number of anilines is 1. The molecule has 0 bridgehead atoms. The van der Waals surface area contributed by atoms with Gasteiger partial charge in [0.2, 0.25) is 0 Å². The number of nitrogens with zero attached hydrogens (tertiary/aromatic N) is 1. The molecule has 0 fully saturated rings. The van der Waals surface area contributed by atoms with Crippen LogP contribution >= 0.6 is 0 Å². The number of fused-ring (bicyclic) bond motifs is 1. The number of rotatable bonds is 5. The monoisotopic (exact) mass is 458 g/mol. The second kappa shape index (κ2) is 9.80. The summed E-state index contributed by atoms with van der Waals surface area (Å²) in [6.45, 7) is 5.63. The molecule has 0 radical (unpaired) electrons. The molecule has 4 rings (SSSR count). The van der Waals surface area contributed by atoms with E-state index in [9.17, 15) is 4.79 Å². The molecule has 1 aliphatic rings. The van der Waals surface area contributed by atoms with E-state index in [0.717, 1.165) is 41.9 Å². The van der Waals surface area contributed by atoms with Crippen LogP contribution in [0.3, 0.4) is 0 Å². The van der Waals surface area contributed by atoms with Crippen molar-refractivity contribution in [3.63, 3.8) is 0 Å². The molecule has 0 saturated carbocycles. The van der Waals surface area contributed by atoms with Crippen LogP contribution in [0.15, 0.2) is 66.7 Å². The maximum atomic E-state index is 12.2. The Labute approximate surface area is 202 Å². The number of carbonyl (C=O) groups is 1. The molecule has 1 amide bonds. The van der Waals surface area contributed by atoms with Crippen molar-refractivity contribution < 1.29 is 14.3 Å². The molecule has 3 aromatic carbocycles. The van der Waals surface area contributed by atoms with Gasteiger partial charge in [0, 0.05) is 25.8 Å². The van der Waals surface area contributed by atoms with E-state index in [0.29, 0.717) is 0 Å². The fraction of sp³-hybridized carbons (Fsp3) is 0.345. The van der Waals surface area contributed by atoms with Gasteiger partial charge in [-0.1, -0.05) is 30.3 Å². The van der Waals surface area contributed by atoms with E-state index < -0.39 is 5.60 Å². The lowest BCUT2D eigenvalue weighted by atomic mass is 9.88. The molecule has 1 aliphatic carbocycles. The first kappa shape index (κ1) is 23.7. The Balaban J connectivity index is 1.45. The van der Waals surface area contributed by atoms with Crippen LogP contribution in [0.1, 0.15) is 38.3 Å². The zero-order valence-corrected chi connectivity index (χ0v) is 20.7. The number of hydrogen-bond acceptors (Lipinski definition) is 4. The second-order valence-corrected chi connectivity index (χ2v) is 10.1. The Morgan fingerprint density at radius 2 is 1.65 bits per heavy atom. The van der Waals surface area contributed by atoms with Gasteiger partial charge in [0.1, 0.15) is 17.1 Å². The van der Waals surface area contributed by atoms with Crippen LogP contribution in [-0.4, -0.2) is 31.8 Å². The molecule has 0 spiro atoms. The number of alkyl carbamates (subject to hydrolysis) is 1. The zero-order valence-electron chi connectivity index (χ0n) is 20.7. The largest absolute Gasteiger partial charge is 0.457 e. The summed E-state index contributed by atoms with van der Waals surface area (Å²) in [4.78, 5) is 14.3. The van der Waals surface area contributed by atoms with E-state index in [4.69, 9.17) is 9.47 Å². The first-order valence-electron chi connectivity index (χ1n) is 11.8. The van der Waals surface area contributed by atoms with Crippen molar-refractivity contribution in [3.05, 3.63) is 77.9 Å². The Morgan fingerprint density at radius 3 is 2.35 bits per heavy atom. The molecule has 178 valence electrons. The number of amides is 1. The molecule has 5 nitrogen and oxygen atoms in total. The molecule has 0 aromatic heterocycles. The Morgan fingerprint density at radius 1 is 0.912 bits per heavy atom.